The summed E-state index contributed by atoms with van der Waals surface area (Å²) in [4.78, 5) is 2.65. The van der Waals surface area contributed by atoms with E-state index >= 15 is 0 Å². The molecule has 2 saturated heterocycles. The molecule has 4 heteroatoms. The van der Waals surface area contributed by atoms with Gasteiger partial charge in [0, 0.05) is 33.5 Å². The molecule has 2 heterocycles. The zero-order valence-electron chi connectivity index (χ0n) is 18.0. The van der Waals surface area contributed by atoms with Crippen LogP contribution in [0.1, 0.15) is 56.7 Å². The topological polar surface area (TPSA) is 12.5 Å². The summed E-state index contributed by atoms with van der Waals surface area (Å²) in [6.07, 6.45) is 4.04. The molecular weight excluding hydrogens is 413 g/mol. The monoisotopic (exact) mass is 443 g/mol. The predicted molar refractivity (Wildman–Crippen MR) is 126 cm³/mol. The van der Waals surface area contributed by atoms with Crippen LogP contribution in [0.25, 0.3) is 0 Å². The molecule has 2 aliphatic rings. The van der Waals surface area contributed by atoms with Gasteiger partial charge in [-0.1, -0.05) is 74.3 Å². The summed E-state index contributed by atoms with van der Waals surface area (Å²) in [6.45, 7) is 11.8. The molecule has 0 spiro atoms. The van der Waals surface area contributed by atoms with Crippen LogP contribution in [0.3, 0.4) is 0 Å². The number of allylic oxidation sites excluding steroid dienone is 1. The second-order valence-electron chi connectivity index (χ2n) is 9.45. The molecule has 0 amide bonds. The average Bonchev–Trinajstić information content (AvgIpc) is 3.15. The quantitative estimate of drug-likeness (QED) is 0.443. The second-order valence-corrected chi connectivity index (χ2v) is 10.3. The second kappa shape index (κ2) is 8.67. The van der Waals surface area contributed by atoms with E-state index in [4.69, 9.17) is 27.9 Å². The fraction of sp³-hybridized carbons (Fsp3) is 0.462. The van der Waals surface area contributed by atoms with Gasteiger partial charge in [-0.2, -0.15) is 0 Å². The summed E-state index contributed by atoms with van der Waals surface area (Å²) in [5, 5.41) is 1.55. The van der Waals surface area contributed by atoms with Crippen molar-refractivity contribution in [3.8, 4) is 0 Å². The minimum absolute atomic E-state index is 0.0126. The molecule has 160 valence electrons. The first kappa shape index (κ1) is 21.9. The Balaban J connectivity index is 1.88. The third-order valence-electron chi connectivity index (χ3n) is 6.93. The summed E-state index contributed by atoms with van der Waals surface area (Å²) in [5.41, 5.74) is 2.55. The van der Waals surface area contributed by atoms with E-state index in [1.54, 1.807) is 0 Å². The molecule has 2 fully saturated rings. The SMILES string of the molecule is C=CC[C@@]1(C)C[C@H](c2cccc(Cl)c2)C(c2ccc(Cl)cc2)N2C(C(C)C)COC21. The Kier molecular flexibility index (Phi) is 6.33. The van der Waals surface area contributed by atoms with Crippen LogP contribution < -0.4 is 0 Å². The number of rotatable bonds is 5. The van der Waals surface area contributed by atoms with E-state index in [-0.39, 0.29) is 17.7 Å². The maximum absolute atomic E-state index is 6.51. The van der Waals surface area contributed by atoms with E-state index < -0.39 is 0 Å². The largest absolute Gasteiger partial charge is 0.361 e. The van der Waals surface area contributed by atoms with Crippen molar-refractivity contribution in [2.45, 2.75) is 57.8 Å². The van der Waals surface area contributed by atoms with E-state index in [0.717, 1.165) is 29.5 Å². The first-order chi connectivity index (χ1) is 14.3. The van der Waals surface area contributed by atoms with Crippen molar-refractivity contribution in [2.75, 3.05) is 6.61 Å². The van der Waals surface area contributed by atoms with Gasteiger partial charge in [0.1, 0.15) is 6.23 Å². The maximum atomic E-state index is 6.51. The summed E-state index contributed by atoms with van der Waals surface area (Å²) in [6, 6.07) is 17.3. The van der Waals surface area contributed by atoms with Gasteiger partial charge in [0.05, 0.1) is 6.61 Å². The molecule has 5 atom stereocenters. The number of benzene rings is 2. The highest BCUT2D eigenvalue weighted by Gasteiger charge is 2.55. The van der Waals surface area contributed by atoms with Crippen molar-refractivity contribution in [2.24, 2.45) is 11.3 Å². The molecule has 2 aromatic carbocycles. The third kappa shape index (κ3) is 3.96. The number of hydrogen-bond donors (Lipinski definition) is 0. The molecule has 0 N–H and O–H groups in total. The number of piperidine rings is 1. The van der Waals surface area contributed by atoms with E-state index in [2.05, 4.69) is 62.6 Å². The molecular formula is C26H31Cl2NO. The molecule has 3 unspecified atom stereocenters. The fourth-order valence-electron chi connectivity index (χ4n) is 5.52. The Hall–Kier alpha value is -1.32. The molecule has 2 aliphatic heterocycles. The predicted octanol–water partition coefficient (Wildman–Crippen LogP) is 7.49. The van der Waals surface area contributed by atoms with Crippen LogP contribution in [0, 0.1) is 11.3 Å². The zero-order chi connectivity index (χ0) is 21.5. The summed E-state index contributed by atoms with van der Waals surface area (Å²) in [7, 11) is 0. The van der Waals surface area contributed by atoms with Gasteiger partial charge < -0.3 is 4.74 Å². The van der Waals surface area contributed by atoms with Gasteiger partial charge in [0.2, 0.25) is 0 Å². The molecule has 0 saturated carbocycles. The van der Waals surface area contributed by atoms with Crippen LogP contribution in [0.2, 0.25) is 10.0 Å². The number of fused-ring (bicyclic) bond motifs is 1. The van der Waals surface area contributed by atoms with Crippen molar-refractivity contribution in [1.29, 1.82) is 0 Å². The summed E-state index contributed by atoms with van der Waals surface area (Å²) in [5.74, 6) is 0.796. The van der Waals surface area contributed by atoms with Crippen LogP contribution in [0.15, 0.2) is 61.2 Å². The minimum Gasteiger partial charge on any atom is -0.361 e. The molecule has 0 aliphatic carbocycles. The third-order valence-corrected chi connectivity index (χ3v) is 7.42. The van der Waals surface area contributed by atoms with Gasteiger partial charge in [0.25, 0.3) is 0 Å². The molecule has 30 heavy (non-hydrogen) atoms. The summed E-state index contributed by atoms with van der Waals surface area (Å²) < 4.78 is 6.51. The fourth-order valence-corrected chi connectivity index (χ4v) is 5.85. The molecule has 0 radical (unpaired) electrons. The van der Waals surface area contributed by atoms with Crippen LogP contribution >= 0.6 is 23.2 Å². The van der Waals surface area contributed by atoms with Gasteiger partial charge >= 0.3 is 0 Å². The summed E-state index contributed by atoms with van der Waals surface area (Å²) >= 11 is 12.7. The van der Waals surface area contributed by atoms with Gasteiger partial charge in [0.15, 0.2) is 0 Å². The first-order valence-corrected chi connectivity index (χ1v) is 11.6. The van der Waals surface area contributed by atoms with Crippen molar-refractivity contribution >= 4 is 23.2 Å². The Morgan fingerprint density at radius 1 is 1.13 bits per heavy atom. The van der Waals surface area contributed by atoms with Crippen molar-refractivity contribution in [1.82, 2.24) is 4.90 Å². The van der Waals surface area contributed by atoms with E-state index in [1.807, 2.05) is 24.3 Å². The Labute approximate surface area is 190 Å². The normalized spacial score (nSPS) is 31.7. The van der Waals surface area contributed by atoms with E-state index in [1.165, 1.54) is 11.1 Å². The van der Waals surface area contributed by atoms with Crippen molar-refractivity contribution in [3.05, 3.63) is 82.4 Å². The highest BCUT2D eigenvalue weighted by atomic mass is 35.5. The van der Waals surface area contributed by atoms with Gasteiger partial charge in [-0.25, -0.2) is 0 Å². The minimum atomic E-state index is -0.0126. The number of ether oxygens (including phenoxy) is 1. The Morgan fingerprint density at radius 3 is 2.50 bits per heavy atom. The number of hydrogen-bond acceptors (Lipinski definition) is 2. The highest BCUT2D eigenvalue weighted by molar-refractivity contribution is 6.30. The molecule has 2 nitrogen and oxygen atoms in total. The van der Waals surface area contributed by atoms with E-state index in [9.17, 15) is 0 Å². The Morgan fingerprint density at radius 2 is 1.87 bits per heavy atom. The average molecular weight is 444 g/mol. The van der Waals surface area contributed by atoms with Crippen LogP contribution in [0.5, 0.6) is 0 Å². The zero-order valence-corrected chi connectivity index (χ0v) is 19.5. The van der Waals surface area contributed by atoms with Gasteiger partial charge in [-0.3, -0.25) is 4.90 Å². The van der Waals surface area contributed by atoms with Gasteiger partial charge in [-0.15, -0.1) is 6.58 Å². The van der Waals surface area contributed by atoms with Gasteiger partial charge in [-0.05, 0) is 54.2 Å². The van der Waals surface area contributed by atoms with Crippen LogP contribution in [-0.4, -0.2) is 23.8 Å². The maximum Gasteiger partial charge on any atom is 0.117 e. The van der Waals surface area contributed by atoms with Crippen LogP contribution in [-0.2, 0) is 4.74 Å². The lowest BCUT2D eigenvalue weighted by atomic mass is 9.66. The molecule has 0 bridgehead atoms. The van der Waals surface area contributed by atoms with Crippen molar-refractivity contribution < 1.29 is 4.74 Å². The number of nitrogens with zero attached hydrogens (tertiary/aromatic N) is 1. The molecule has 0 aromatic heterocycles. The first-order valence-electron chi connectivity index (χ1n) is 10.8. The lowest BCUT2D eigenvalue weighted by molar-refractivity contribution is -0.125. The van der Waals surface area contributed by atoms with E-state index in [0.29, 0.717) is 17.9 Å². The highest BCUT2D eigenvalue weighted by Crippen LogP contribution is 2.56. The molecule has 2 aromatic rings. The Bertz CT molecular complexity index is 896. The lowest BCUT2D eigenvalue weighted by Crippen LogP contribution is -2.55. The molecule has 4 rings (SSSR count). The standard InChI is InChI=1S/C26H31Cl2NO/c1-5-13-26(4)15-22(19-7-6-8-21(28)14-19)24(18-9-11-20(27)12-10-18)29-23(17(2)3)16-30-25(26)29/h5-12,14,17,22-25H,1,13,15-16H2,2-4H3/t22-,23?,24?,25?,26+/m1/s1. The lowest BCUT2D eigenvalue weighted by Gasteiger charge is -2.53. The smallest absolute Gasteiger partial charge is 0.117 e. The van der Waals surface area contributed by atoms with Crippen molar-refractivity contribution in [3.63, 3.8) is 0 Å². The number of halogens is 2. The van der Waals surface area contributed by atoms with Crippen LogP contribution in [0.4, 0.5) is 0 Å².